The molecule has 5 nitrogen and oxygen atoms in total. The van der Waals surface area contributed by atoms with Crippen molar-refractivity contribution in [1.82, 2.24) is 4.31 Å². The summed E-state index contributed by atoms with van der Waals surface area (Å²) >= 11 is 0. The van der Waals surface area contributed by atoms with Crippen molar-refractivity contribution in [2.24, 2.45) is 0 Å². The third-order valence-corrected chi connectivity index (χ3v) is 3.97. The quantitative estimate of drug-likeness (QED) is 0.762. The Labute approximate surface area is 101 Å². The summed E-state index contributed by atoms with van der Waals surface area (Å²) in [6, 6.07) is 9.26. The molecular formula is C11H14N2O3S. The van der Waals surface area contributed by atoms with E-state index in [2.05, 4.69) is 0 Å². The number of hydrogen-bond acceptors (Lipinski definition) is 3. The molecule has 0 spiro atoms. The Morgan fingerprint density at radius 1 is 1.12 bits per heavy atom. The summed E-state index contributed by atoms with van der Waals surface area (Å²) in [5.41, 5.74) is 0.811. The molecule has 1 aliphatic heterocycles. The maximum absolute atomic E-state index is 11.9. The summed E-state index contributed by atoms with van der Waals surface area (Å²) in [6.45, 7) is 0.670. The minimum atomic E-state index is -3.28. The van der Waals surface area contributed by atoms with E-state index in [1.165, 1.54) is 4.31 Å². The number of benzene rings is 1. The number of piperazine rings is 1. The van der Waals surface area contributed by atoms with Gasteiger partial charge in [-0.2, -0.15) is 4.31 Å². The Balaban J connectivity index is 2.15. The number of rotatable bonds is 2. The molecule has 0 unspecified atom stereocenters. The standard InChI is InChI=1S/C11H14N2O3S/c1-17(15,16)12-7-8-13(11(14)9-12)10-5-3-2-4-6-10/h2-6H,7-9H2,1H3. The van der Waals surface area contributed by atoms with Crippen molar-refractivity contribution in [3.05, 3.63) is 30.3 Å². The molecule has 1 saturated heterocycles. The number of hydrogen-bond donors (Lipinski definition) is 0. The van der Waals surface area contributed by atoms with Gasteiger partial charge in [-0.05, 0) is 12.1 Å². The fourth-order valence-electron chi connectivity index (χ4n) is 1.82. The molecule has 1 fully saturated rings. The van der Waals surface area contributed by atoms with E-state index in [9.17, 15) is 13.2 Å². The van der Waals surface area contributed by atoms with Crippen molar-refractivity contribution in [3.63, 3.8) is 0 Å². The first-order valence-electron chi connectivity index (χ1n) is 5.29. The SMILES string of the molecule is CS(=O)(=O)N1CCN(c2ccccc2)C(=O)C1. The van der Waals surface area contributed by atoms with Gasteiger partial charge >= 0.3 is 0 Å². The van der Waals surface area contributed by atoms with E-state index in [4.69, 9.17) is 0 Å². The Morgan fingerprint density at radius 2 is 1.76 bits per heavy atom. The van der Waals surface area contributed by atoms with Crippen molar-refractivity contribution in [2.75, 3.05) is 30.8 Å². The second-order valence-electron chi connectivity index (χ2n) is 3.98. The van der Waals surface area contributed by atoms with Crippen LogP contribution in [0.4, 0.5) is 5.69 Å². The third kappa shape index (κ3) is 2.65. The topological polar surface area (TPSA) is 57.7 Å². The highest BCUT2D eigenvalue weighted by Gasteiger charge is 2.29. The number of nitrogens with zero attached hydrogens (tertiary/aromatic N) is 2. The van der Waals surface area contributed by atoms with Gasteiger partial charge in [0.2, 0.25) is 15.9 Å². The lowest BCUT2D eigenvalue weighted by molar-refractivity contribution is -0.119. The van der Waals surface area contributed by atoms with Crippen LogP contribution in [-0.2, 0) is 14.8 Å². The van der Waals surface area contributed by atoms with Crippen LogP contribution in [0.25, 0.3) is 0 Å². The highest BCUT2D eigenvalue weighted by atomic mass is 32.2. The van der Waals surface area contributed by atoms with Gasteiger partial charge in [-0.3, -0.25) is 4.79 Å². The summed E-state index contributed by atoms with van der Waals surface area (Å²) in [7, 11) is -3.28. The van der Waals surface area contributed by atoms with E-state index in [0.717, 1.165) is 11.9 Å². The molecule has 17 heavy (non-hydrogen) atoms. The largest absolute Gasteiger partial charge is 0.310 e. The lowest BCUT2D eigenvalue weighted by Gasteiger charge is -2.32. The third-order valence-electron chi connectivity index (χ3n) is 2.72. The molecule has 2 rings (SSSR count). The molecule has 0 atom stereocenters. The normalized spacial score (nSPS) is 18.4. The molecule has 1 heterocycles. The zero-order chi connectivity index (χ0) is 12.5. The maximum atomic E-state index is 11.9. The van der Waals surface area contributed by atoms with Crippen LogP contribution in [0.2, 0.25) is 0 Å². The number of sulfonamides is 1. The second kappa shape index (κ2) is 4.46. The lowest BCUT2D eigenvalue weighted by Crippen LogP contribution is -2.52. The van der Waals surface area contributed by atoms with Crippen LogP contribution in [0.15, 0.2) is 30.3 Å². The number of amides is 1. The molecule has 1 aromatic carbocycles. The van der Waals surface area contributed by atoms with Crippen LogP contribution < -0.4 is 4.90 Å². The van der Waals surface area contributed by atoms with Crippen molar-refractivity contribution in [3.8, 4) is 0 Å². The Morgan fingerprint density at radius 3 is 2.29 bits per heavy atom. The molecular weight excluding hydrogens is 240 g/mol. The minimum absolute atomic E-state index is 0.0757. The van der Waals surface area contributed by atoms with Crippen molar-refractivity contribution in [2.45, 2.75) is 0 Å². The number of anilines is 1. The van der Waals surface area contributed by atoms with Gasteiger partial charge in [0.25, 0.3) is 0 Å². The molecule has 0 aromatic heterocycles. The first-order valence-corrected chi connectivity index (χ1v) is 7.14. The van der Waals surface area contributed by atoms with Crippen LogP contribution in [0.1, 0.15) is 0 Å². The zero-order valence-corrected chi connectivity index (χ0v) is 10.4. The van der Waals surface area contributed by atoms with Crippen molar-refractivity contribution < 1.29 is 13.2 Å². The van der Waals surface area contributed by atoms with E-state index in [-0.39, 0.29) is 12.5 Å². The maximum Gasteiger partial charge on any atom is 0.242 e. The lowest BCUT2D eigenvalue weighted by atomic mass is 10.2. The van der Waals surface area contributed by atoms with Gasteiger partial charge in [0.15, 0.2) is 0 Å². The van der Waals surface area contributed by atoms with E-state index in [1.807, 2.05) is 30.3 Å². The number of para-hydroxylation sites is 1. The predicted octanol–water partition coefficient (Wildman–Crippen LogP) is 0.295. The van der Waals surface area contributed by atoms with Crippen molar-refractivity contribution in [1.29, 1.82) is 0 Å². The molecule has 0 saturated carbocycles. The molecule has 0 radical (unpaired) electrons. The summed E-state index contributed by atoms with van der Waals surface area (Å²) in [5, 5.41) is 0. The first kappa shape index (κ1) is 12.1. The summed E-state index contributed by atoms with van der Waals surface area (Å²) in [6.07, 6.45) is 1.12. The van der Waals surface area contributed by atoms with Crippen LogP contribution in [-0.4, -0.2) is 44.5 Å². The van der Waals surface area contributed by atoms with E-state index < -0.39 is 10.0 Å². The highest BCUT2D eigenvalue weighted by molar-refractivity contribution is 7.88. The monoisotopic (exact) mass is 254 g/mol. The zero-order valence-electron chi connectivity index (χ0n) is 9.54. The highest BCUT2D eigenvalue weighted by Crippen LogP contribution is 2.17. The predicted molar refractivity (Wildman–Crippen MR) is 65.2 cm³/mol. The van der Waals surface area contributed by atoms with Crippen LogP contribution in [0, 0.1) is 0 Å². The Hall–Kier alpha value is -1.40. The average molecular weight is 254 g/mol. The molecule has 0 aliphatic carbocycles. The summed E-state index contributed by atoms with van der Waals surface area (Å²) in [5.74, 6) is -0.187. The molecule has 1 aromatic rings. The van der Waals surface area contributed by atoms with Gasteiger partial charge in [0, 0.05) is 18.8 Å². The minimum Gasteiger partial charge on any atom is -0.310 e. The van der Waals surface area contributed by atoms with Crippen LogP contribution in [0.3, 0.4) is 0 Å². The Bertz CT molecular complexity index is 513. The molecule has 1 amide bonds. The molecule has 0 bridgehead atoms. The molecule has 92 valence electrons. The number of carbonyl (C=O) groups excluding carboxylic acids is 1. The van der Waals surface area contributed by atoms with Crippen LogP contribution >= 0.6 is 0 Å². The fraction of sp³-hybridized carbons (Fsp3) is 0.364. The van der Waals surface area contributed by atoms with Crippen LogP contribution in [0.5, 0.6) is 0 Å². The van der Waals surface area contributed by atoms with Gasteiger partial charge in [-0.1, -0.05) is 18.2 Å². The van der Waals surface area contributed by atoms with E-state index in [0.29, 0.717) is 13.1 Å². The van der Waals surface area contributed by atoms with Gasteiger partial charge in [0.05, 0.1) is 12.8 Å². The summed E-state index contributed by atoms with van der Waals surface area (Å²) in [4.78, 5) is 13.5. The van der Waals surface area contributed by atoms with Gasteiger partial charge < -0.3 is 4.90 Å². The average Bonchev–Trinajstić information content (AvgIpc) is 2.29. The fourth-order valence-corrected chi connectivity index (χ4v) is 2.57. The van der Waals surface area contributed by atoms with Crippen molar-refractivity contribution >= 4 is 21.6 Å². The first-order chi connectivity index (χ1) is 7.98. The van der Waals surface area contributed by atoms with E-state index >= 15 is 0 Å². The van der Waals surface area contributed by atoms with Gasteiger partial charge in [-0.25, -0.2) is 8.42 Å². The summed E-state index contributed by atoms with van der Waals surface area (Å²) < 4.78 is 23.9. The molecule has 0 N–H and O–H groups in total. The van der Waals surface area contributed by atoms with E-state index in [1.54, 1.807) is 4.90 Å². The number of carbonyl (C=O) groups is 1. The molecule has 6 heteroatoms. The second-order valence-corrected chi connectivity index (χ2v) is 5.96. The van der Waals surface area contributed by atoms with Gasteiger partial charge in [-0.15, -0.1) is 0 Å². The molecule has 1 aliphatic rings. The van der Waals surface area contributed by atoms with Gasteiger partial charge in [0.1, 0.15) is 0 Å². The Kier molecular flexibility index (Phi) is 3.17. The smallest absolute Gasteiger partial charge is 0.242 e.